The zero-order valence-electron chi connectivity index (χ0n) is 9.77. The van der Waals surface area contributed by atoms with Crippen LogP contribution in [0.25, 0.3) is 0 Å². The predicted octanol–water partition coefficient (Wildman–Crippen LogP) is 1.41. The fourth-order valence-electron chi connectivity index (χ4n) is 1.59. The molecular formula is C11H20FNO4. The molecule has 0 aliphatic carbocycles. The van der Waals surface area contributed by atoms with E-state index in [1.54, 1.807) is 0 Å². The Balaban J connectivity index is 3.91. The first-order chi connectivity index (χ1) is 7.99. The number of rotatable bonds is 10. The van der Waals surface area contributed by atoms with Gasteiger partial charge in [-0.1, -0.05) is 19.3 Å². The first-order valence-corrected chi connectivity index (χ1v) is 5.76. The molecule has 2 unspecified atom stereocenters. The van der Waals surface area contributed by atoms with Gasteiger partial charge in [-0.05, 0) is 19.3 Å². The third kappa shape index (κ3) is 7.68. The van der Waals surface area contributed by atoms with Crippen LogP contribution in [0.5, 0.6) is 0 Å². The van der Waals surface area contributed by atoms with Crippen molar-refractivity contribution in [1.82, 2.24) is 0 Å². The second-order valence-electron chi connectivity index (χ2n) is 4.11. The predicted molar refractivity (Wildman–Crippen MR) is 60.4 cm³/mol. The largest absolute Gasteiger partial charge is 0.481 e. The van der Waals surface area contributed by atoms with Crippen LogP contribution in [-0.2, 0) is 9.59 Å². The first-order valence-electron chi connectivity index (χ1n) is 5.76. The highest BCUT2D eigenvalue weighted by molar-refractivity contribution is 5.75. The summed E-state index contributed by atoms with van der Waals surface area (Å²) in [5.41, 5.74) is 5.29. The van der Waals surface area contributed by atoms with Crippen LogP contribution in [0.1, 0.15) is 38.5 Å². The number of unbranched alkanes of at least 4 members (excludes halogenated alkanes) is 3. The minimum Gasteiger partial charge on any atom is -0.481 e. The van der Waals surface area contributed by atoms with Crippen LogP contribution in [0, 0.1) is 5.92 Å². The van der Waals surface area contributed by atoms with Gasteiger partial charge in [-0.2, -0.15) is 0 Å². The maximum Gasteiger partial charge on any atom is 0.320 e. The molecule has 0 amide bonds. The Hall–Kier alpha value is -1.17. The molecule has 0 rings (SSSR count). The van der Waals surface area contributed by atoms with E-state index in [-0.39, 0.29) is 13.1 Å². The van der Waals surface area contributed by atoms with Gasteiger partial charge in [0.2, 0.25) is 0 Å². The van der Waals surface area contributed by atoms with Crippen LogP contribution in [0.2, 0.25) is 0 Å². The van der Waals surface area contributed by atoms with Gasteiger partial charge >= 0.3 is 11.9 Å². The average molecular weight is 249 g/mol. The molecule has 0 spiro atoms. The number of carboxylic acids is 2. The summed E-state index contributed by atoms with van der Waals surface area (Å²) in [6.07, 6.45) is 2.97. The number of halogens is 1. The van der Waals surface area contributed by atoms with Gasteiger partial charge in [0, 0.05) is 0 Å². The van der Waals surface area contributed by atoms with Crippen LogP contribution in [0.15, 0.2) is 0 Å². The lowest BCUT2D eigenvalue weighted by Gasteiger charge is -2.14. The van der Waals surface area contributed by atoms with E-state index in [9.17, 15) is 14.0 Å². The highest BCUT2D eigenvalue weighted by Gasteiger charge is 2.23. The molecule has 0 aromatic carbocycles. The molecule has 0 radical (unpaired) electrons. The van der Waals surface area contributed by atoms with E-state index >= 15 is 0 Å². The SMILES string of the molecule is NC(CC(CCCCCCF)C(=O)O)C(=O)O. The zero-order valence-corrected chi connectivity index (χ0v) is 9.77. The molecule has 0 aromatic heterocycles. The number of carboxylic acid groups (broad SMARTS) is 2. The number of carbonyl (C=O) groups is 2. The highest BCUT2D eigenvalue weighted by atomic mass is 19.1. The van der Waals surface area contributed by atoms with Gasteiger partial charge in [0.25, 0.3) is 0 Å². The van der Waals surface area contributed by atoms with Gasteiger partial charge in [0.1, 0.15) is 6.04 Å². The van der Waals surface area contributed by atoms with Crippen molar-refractivity contribution in [3.63, 3.8) is 0 Å². The molecule has 6 heteroatoms. The van der Waals surface area contributed by atoms with Crippen LogP contribution >= 0.6 is 0 Å². The molecule has 100 valence electrons. The molecule has 0 aliphatic rings. The van der Waals surface area contributed by atoms with Crippen LogP contribution in [0.4, 0.5) is 4.39 Å². The van der Waals surface area contributed by atoms with Gasteiger partial charge in [0.05, 0.1) is 12.6 Å². The maximum atomic E-state index is 11.8. The molecule has 4 N–H and O–H groups in total. The fraction of sp³-hybridized carbons (Fsp3) is 0.818. The lowest BCUT2D eigenvalue weighted by molar-refractivity contribution is -0.143. The molecule has 0 aromatic rings. The highest BCUT2D eigenvalue weighted by Crippen LogP contribution is 2.16. The summed E-state index contributed by atoms with van der Waals surface area (Å²) in [6.45, 7) is -0.355. The molecule has 0 saturated heterocycles. The van der Waals surface area contributed by atoms with Crippen molar-refractivity contribution in [2.24, 2.45) is 11.7 Å². The Morgan fingerprint density at radius 3 is 2.12 bits per heavy atom. The van der Waals surface area contributed by atoms with Crippen LogP contribution in [-0.4, -0.2) is 34.9 Å². The molecule has 0 aliphatic heterocycles. The van der Waals surface area contributed by atoms with Crippen LogP contribution in [0.3, 0.4) is 0 Å². The minimum atomic E-state index is -1.19. The molecule has 2 atom stereocenters. The van der Waals surface area contributed by atoms with E-state index in [1.165, 1.54) is 0 Å². The van der Waals surface area contributed by atoms with Crippen LogP contribution < -0.4 is 5.73 Å². The van der Waals surface area contributed by atoms with Crippen molar-refractivity contribution in [1.29, 1.82) is 0 Å². The first kappa shape index (κ1) is 15.8. The summed E-state index contributed by atoms with van der Waals surface area (Å²) in [7, 11) is 0. The Kier molecular flexibility index (Phi) is 8.31. The second kappa shape index (κ2) is 8.92. The molecule has 0 heterocycles. The summed E-state index contributed by atoms with van der Waals surface area (Å²) >= 11 is 0. The van der Waals surface area contributed by atoms with E-state index in [0.29, 0.717) is 19.3 Å². The molecular weight excluding hydrogens is 229 g/mol. The summed E-state index contributed by atoms with van der Waals surface area (Å²) in [4.78, 5) is 21.4. The Labute approximate surface area is 99.8 Å². The zero-order chi connectivity index (χ0) is 13.3. The lowest BCUT2D eigenvalue weighted by Crippen LogP contribution is -2.34. The third-order valence-corrected chi connectivity index (χ3v) is 2.64. The lowest BCUT2D eigenvalue weighted by atomic mass is 9.94. The van der Waals surface area contributed by atoms with E-state index in [4.69, 9.17) is 15.9 Å². The molecule has 5 nitrogen and oxygen atoms in total. The normalized spacial score (nSPS) is 14.2. The standard InChI is InChI=1S/C11H20FNO4/c12-6-4-2-1-3-5-8(10(14)15)7-9(13)11(16)17/h8-9H,1-7,13H2,(H,14,15)(H,16,17). The molecule has 17 heavy (non-hydrogen) atoms. The minimum absolute atomic E-state index is 0.0617. The van der Waals surface area contributed by atoms with Gasteiger partial charge in [-0.15, -0.1) is 0 Å². The number of nitrogens with two attached hydrogens (primary N) is 1. The summed E-state index contributed by atoms with van der Waals surface area (Å²) in [5, 5.41) is 17.5. The number of alkyl halides is 1. The van der Waals surface area contributed by atoms with Crippen molar-refractivity contribution < 1.29 is 24.2 Å². The van der Waals surface area contributed by atoms with Gasteiger partial charge in [-0.25, -0.2) is 0 Å². The van der Waals surface area contributed by atoms with Crippen molar-refractivity contribution in [3.8, 4) is 0 Å². The van der Waals surface area contributed by atoms with Crippen molar-refractivity contribution in [2.45, 2.75) is 44.6 Å². The number of aliphatic carboxylic acids is 2. The van der Waals surface area contributed by atoms with Gasteiger partial charge in [-0.3, -0.25) is 14.0 Å². The molecule has 0 fully saturated rings. The van der Waals surface area contributed by atoms with E-state index in [1.807, 2.05) is 0 Å². The topological polar surface area (TPSA) is 101 Å². The summed E-state index contributed by atoms with van der Waals surface area (Å²) < 4.78 is 11.8. The van der Waals surface area contributed by atoms with Crippen molar-refractivity contribution >= 4 is 11.9 Å². The summed E-state index contributed by atoms with van der Waals surface area (Å²) in [6, 6.07) is -1.14. The quantitative estimate of drug-likeness (QED) is 0.508. The summed E-state index contributed by atoms with van der Waals surface area (Å²) in [5.74, 6) is -2.94. The molecule has 0 bridgehead atoms. The average Bonchev–Trinajstić information content (AvgIpc) is 2.26. The van der Waals surface area contributed by atoms with Gasteiger partial charge in [0.15, 0.2) is 0 Å². The van der Waals surface area contributed by atoms with E-state index in [0.717, 1.165) is 12.8 Å². The smallest absolute Gasteiger partial charge is 0.320 e. The Bertz CT molecular complexity index is 248. The van der Waals surface area contributed by atoms with E-state index in [2.05, 4.69) is 0 Å². The Morgan fingerprint density at radius 2 is 1.65 bits per heavy atom. The van der Waals surface area contributed by atoms with E-state index < -0.39 is 23.9 Å². The molecule has 0 saturated carbocycles. The fourth-order valence-corrected chi connectivity index (χ4v) is 1.59. The van der Waals surface area contributed by atoms with Crippen molar-refractivity contribution in [3.05, 3.63) is 0 Å². The van der Waals surface area contributed by atoms with Gasteiger partial charge < -0.3 is 15.9 Å². The maximum absolute atomic E-state index is 11.8. The van der Waals surface area contributed by atoms with Crippen molar-refractivity contribution in [2.75, 3.05) is 6.67 Å². The number of hydrogen-bond donors (Lipinski definition) is 3. The monoisotopic (exact) mass is 249 g/mol. The third-order valence-electron chi connectivity index (χ3n) is 2.64. The Morgan fingerprint density at radius 1 is 1.06 bits per heavy atom. The second-order valence-corrected chi connectivity index (χ2v) is 4.11. The number of hydrogen-bond acceptors (Lipinski definition) is 3.